The van der Waals surface area contributed by atoms with Crippen LogP contribution in [0.5, 0.6) is 11.5 Å². The third-order valence-electron chi connectivity index (χ3n) is 2.68. The van der Waals surface area contributed by atoms with Crippen molar-refractivity contribution in [2.24, 2.45) is 0 Å². The summed E-state index contributed by atoms with van der Waals surface area (Å²) in [7, 11) is 0. The molecule has 0 saturated heterocycles. The molecule has 2 aromatic rings. The normalized spacial score (nSPS) is 11.5. The molecule has 0 atom stereocenters. The Kier molecular flexibility index (Phi) is 4.81. The van der Waals surface area contributed by atoms with Gasteiger partial charge >= 0.3 is 6.18 Å². The van der Waals surface area contributed by atoms with Gasteiger partial charge < -0.3 is 9.84 Å². The van der Waals surface area contributed by atoms with Crippen molar-refractivity contribution in [1.29, 1.82) is 0 Å². The number of ether oxygens (including phenoxy) is 1. The second-order valence-electron chi connectivity index (χ2n) is 4.15. The largest absolute Gasteiger partial charge is 0.456 e. The van der Waals surface area contributed by atoms with Crippen molar-refractivity contribution in [3.63, 3.8) is 0 Å². The standard InChI is InChI=1S/C14H9BrClF3O2/c15-9-2-4-13(12(16)5-9)21-10-3-1-8(7-20)11(6-10)14(17,18)19/h1-6,20H,7H2. The molecule has 0 aromatic heterocycles. The third-order valence-corrected chi connectivity index (χ3v) is 3.47. The van der Waals surface area contributed by atoms with Gasteiger partial charge in [-0.1, -0.05) is 33.6 Å². The summed E-state index contributed by atoms with van der Waals surface area (Å²) in [5.74, 6) is 0.230. The Morgan fingerprint density at radius 2 is 1.86 bits per heavy atom. The Hall–Kier alpha value is -1.24. The first-order valence-electron chi connectivity index (χ1n) is 5.75. The Morgan fingerprint density at radius 1 is 1.14 bits per heavy atom. The Labute approximate surface area is 132 Å². The molecule has 0 aliphatic carbocycles. The molecule has 1 N–H and O–H groups in total. The number of aliphatic hydroxyl groups excluding tert-OH is 1. The fraction of sp³-hybridized carbons (Fsp3) is 0.143. The van der Waals surface area contributed by atoms with Crippen molar-refractivity contribution in [2.45, 2.75) is 12.8 Å². The smallest absolute Gasteiger partial charge is 0.416 e. The first-order valence-corrected chi connectivity index (χ1v) is 6.92. The average molecular weight is 382 g/mol. The fourth-order valence-electron chi connectivity index (χ4n) is 1.71. The minimum atomic E-state index is -4.57. The van der Waals surface area contributed by atoms with Crippen LogP contribution in [0.25, 0.3) is 0 Å². The molecule has 2 rings (SSSR count). The number of hydrogen-bond acceptors (Lipinski definition) is 2. The highest BCUT2D eigenvalue weighted by molar-refractivity contribution is 9.10. The number of benzene rings is 2. The first-order chi connectivity index (χ1) is 9.81. The van der Waals surface area contributed by atoms with Crippen LogP contribution in [0.2, 0.25) is 5.02 Å². The molecule has 0 aliphatic rings. The maximum absolute atomic E-state index is 12.9. The van der Waals surface area contributed by atoms with E-state index in [1.807, 2.05) is 0 Å². The molecule has 0 amide bonds. The summed E-state index contributed by atoms with van der Waals surface area (Å²) in [6, 6.07) is 8.13. The minimum Gasteiger partial charge on any atom is -0.456 e. The Bertz CT molecular complexity index is 659. The van der Waals surface area contributed by atoms with Gasteiger partial charge in [0.25, 0.3) is 0 Å². The molecule has 0 bridgehead atoms. The summed E-state index contributed by atoms with van der Waals surface area (Å²) in [6.45, 7) is -0.700. The summed E-state index contributed by atoms with van der Waals surface area (Å²) in [5.41, 5.74) is -1.15. The zero-order valence-corrected chi connectivity index (χ0v) is 12.8. The molecular formula is C14H9BrClF3O2. The number of rotatable bonds is 3. The fourth-order valence-corrected chi connectivity index (χ4v) is 2.42. The second-order valence-corrected chi connectivity index (χ2v) is 5.47. The van der Waals surface area contributed by atoms with E-state index in [1.165, 1.54) is 12.1 Å². The van der Waals surface area contributed by atoms with E-state index in [4.69, 9.17) is 21.4 Å². The van der Waals surface area contributed by atoms with Crippen LogP contribution >= 0.6 is 27.5 Å². The molecule has 0 radical (unpaired) electrons. The van der Waals surface area contributed by atoms with Crippen molar-refractivity contribution in [3.8, 4) is 11.5 Å². The van der Waals surface area contributed by atoms with Crippen LogP contribution in [0, 0.1) is 0 Å². The van der Waals surface area contributed by atoms with E-state index in [2.05, 4.69) is 15.9 Å². The second kappa shape index (κ2) is 6.25. The van der Waals surface area contributed by atoms with Gasteiger partial charge in [0.05, 0.1) is 17.2 Å². The van der Waals surface area contributed by atoms with E-state index in [0.717, 1.165) is 10.5 Å². The van der Waals surface area contributed by atoms with Gasteiger partial charge in [0.1, 0.15) is 11.5 Å². The van der Waals surface area contributed by atoms with Crippen molar-refractivity contribution in [2.75, 3.05) is 0 Å². The maximum Gasteiger partial charge on any atom is 0.416 e. The van der Waals surface area contributed by atoms with Crippen molar-refractivity contribution in [1.82, 2.24) is 0 Å². The zero-order chi connectivity index (χ0) is 15.6. The summed E-state index contributed by atoms with van der Waals surface area (Å²) >= 11 is 9.17. The third kappa shape index (κ3) is 3.90. The lowest BCUT2D eigenvalue weighted by Gasteiger charge is -2.14. The molecule has 21 heavy (non-hydrogen) atoms. The van der Waals surface area contributed by atoms with E-state index in [0.29, 0.717) is 0 Å². The highest BCUT2D eigenvalue weighted by Gasteiger charge is 2.33. The van der Waals surface area contributed by atoms with Crippen molar-refractivity contribution in [3.05, 3.63) is 57.0 Å². The number of alkyl halides is 3. The predicted molar refractivity (Wildman–Crippen MR) is 76.6 cm³/mol. The molecule has 2 aromatic carbocycles. The van der Waals surface area contributed by atoms with Gasteiger partial charge in [-0.05, 0) is 35.9 Å². The monoisotopic (exact) mass is 380 g/mol. The van der Waals surface area contributed by atoms with Crippen LogP contribution in [-0.4, -0.2) is 5.11 Å². The lowest BCUT2D eigenvalue weighted by Crippen LogP contribution is -2.09. The average Bonchev–Trinajstić information content (AvgIpc) is 2.41. The van der Waals surface area contributed by atoms with Gasteiger partial charge in [-0.2, -0.15) is 13.2 Å². The summed E-state index contributed by atoms with van der Waals surface area (Å²) in [6.07, 6.45) is -4.57. The van der Waals surface area contributed by atoms with Crippen LogP contribution in [-0.2, 0) is 12.8 Å². The molecule has 0 aliphatic heterocycles. The first kappa shape index (κ1) is 16.1. The molecule has 2 nitrogen and oxygen atoms in total. The van der Waals surface area contributed by atoms with Crippen LogP contribution < -0.4 is 4.74 Å². The maximum atomic E-state index is 12.9. The molecular weight excluding hydrogens is 373 g/mol. The van der Waals surface area contributed by atoms with Crippen LogP contribution in [0.4, 0.5) is 13.2 Å². The molecule has 7 heteroatoms. The van der Waals surface area contributed by atoms with E-state index in [9.17, 15) is 13.2 Å². The van der Waals surface area contributed by atoms with Gasteiger partial charge in [0.15, 0.2) is 0 Å². The van der Waals surface area contributed by atoms with Crippen LogP contribution in [0.3, 0.4) is 0 Å². The van der Waals surface area contributed by atoms with Crippen LogP contribution in [0.15, 0.2) is 40.9 Å². The quantitative estimate of drug-likeness (QED) is 0.771. The lowest BCUT2D eigenvalue weighted by molar-refractivity contribution is -0.138. The summed E-state index contributed by atoms with van der Waals surface area (Å²) < 4.78 is 44.8. The van der Waals surface area contributed by atoms with Crippen molar-refractivity contribution >= 4 is 27.5 Å². The molecule has 0 unspecified atom stereocenters. The number of aliphatic hydroxyl groups is 1. The van der Waals surface area contributed by atoms with Gasteiger partial charge in [-0.15, -0.1) is 0 Å². The minimum absolute atomic E-state index is 0.0104. The number of halogens is 5. The zero-order valence-electron chi connectivity index (χ0n) is 10.4. The van der Waals surface area contributed by atoms with E-state index >= 15 is 0 Å². The Balaban J connectivity index is 2.37. The molecule has 0 spiro atoms. The van der Waals surface area contributed by atoms with Gasteiger partial charge in [-0.25, -0.2) is 0 Å². The number of hydrogen-bond donors (Lipinski definition) is 1. The summed E-state index contributed by atoms with van der Waals surface area (Å²) in [5, 5.41) is 9.24. The Morgan fingerprint density at radius 3 is 2.43 bits per heavy atom. The molecule has 0 heterocycles. The lowest BCUT2D eigenvalue weighted by atomic mass is 10.1. The molecule has 0 fully saturated rings. The highest BCUT2D eigenvalue weighted by Crippen LogP contribution is 2.37. The van der Waals surface area contributed by atoms with E-state index in [1.54, 1.807) is 18.2 Å². The van der Waals surface area contributed by atoms with Gasteiger partial charge in [0.2, 0.25) is 0 Å². The van der Waals surface area contributed by atoms with E-state index < -0.39 is 18.3 Å². The molecule has 112 valence electrons. The predicted octanol–water partition coefficient (Wildman–Crippen LogP) is 5.41. The van der Waals surface area contributed by atoms with Crippen molar-refractivity contribution < 1.29 is 23.0 Å². The van der Waals surface area contributed by atoms with Crippen LogP contribution in [0.1, 0.15) is 11.1 Å². The SMILES string of the molecule is OCc1ccc(Oc2ccc(Br)cc2Cl)cc1C(F)(F)F. The van der Waals surface area contributed by atoms with E-state index in [-0.39, 0.29) is 22.1 Å². The highest BCUT2D eigenvalue weighted by atomic mass is 79.9. The van der Waals surface area contributed by atoms with Gasteiger partial charge in [0, 0.05) is 4.47 Å². The topological polar surface area (TPSA) is 29.5 Å². The summed E-state index contributed by atoms with van der Waals surface area (Å²) in [4.78, 5) is 0. The molecule has 0 saturated carbocycles. The van der Waals surface area contributed by atoms with Gasteiger partial charge in [-0.3, -0.25) is 0 Å².